The van der Waals surface area contributed by atoms with Crippen LogP contribution in [-0.2, 0) is 6.42 Å². The van der Waals surface area contributed by atoms with E-state index < -0.39 is 0 Å². The van der Waals surface area contributed by atoms with Crippen LogP contribution in [0, 0.1) is 6.92 Å². The molecule has 0 saturated carbocycles. The second-order valence-corrected chi connectivity index (χ2v) is 3.48. The molecule has 1 aromatic rings. The Morgan fingerprint density at radius 2 is 1.79 bits per heavy atom. The van der Waals surface area contributed by atoms with E-state index in [9.17, 15) is 0 Å². The fourth-order valence-electron chi connectivity index (χ4n) is 1.57. The van der Waals surface area contributed by atoms with Crippen LogP contribution in [0.25, 0.3) is 0 Å². The normalized spacial score (nSPS) is 13.6. The van der Waals surface area contributed by atoms with Crippen molar-refractivity contribution >= 4 is 11.4 Å². The van der Waals surface area contributed by atoms with E-state index in [1.54, 1.807) is 0 Å². The van der Waals surface area contributed by atoms with Gasteiger partial charge >= 0.3 is 0 Å². The minimum atomic E-state index is 1.12. The Balaban J connectivity index is 0.000000461. The lowest BCUT2D eigenvalue weighted by Gasteiger charge is -2.12. The first-order chi connectivity index (χ1) is 6.75. The van der Waals surface area contributed by atoms with Crippen molar-refractivity contribution in [1.82, 2.24) is 0 Å². The monoisotopic (exact) mass is 189 g/mol. The summed E-state index contributed by atoms with van der Waals surface area (Å²) in [6.07, 6.45) is 2.28. The highest BCUT2D eigenvalue weighted by atomic mass is 14.8. The average molecular weight is 189 g/mol. The summed E-state index contributed by atoms with van der Waals surface area (Å²) in [7, 11) is 0. The predicted molar refractivity (Wildman–Crippen MR) is 63.6 cm³/mol. The number of aryl methyl sites for hydroxylation is 2. The molecule has 0 fully saturated rings. The second-order valence-electron chi connectivity index (χ2n) is 3.48. The van der Waals surface area contributed by atoms with Gasteiger partial charge in [0.1, 0.15) is 0 Å². The van der Waals surface area contributed by atoms with Crippen molar-refractivity contribution in [3.05, 3.63) is 29.3 Å². The van der Waals surface area contributed by atoms with Gasteiger partial charge in [0.25, 0.3) is 0 Å². The number of fused-ring (bicyclic) bond motifs is 1. The molecule has 1 nitrogen and oxygen atoms in total. The summed E-state index contributed by atoms with van der Waals surface area (Å²) in [6.45, 7) is 8.21. The summed E-state index contributed by atoms with van der Waals surface area (Å²) in [6, 6.07) is 6.52. The van der Waals surface area contributed by atoms with Crippen molar-refractivity contribution in [2.24, 2.45) is 4.99 Å². The zero-order chi connectivity index (χ0) is 10.6. The van der Waals surface area contributed by atoms with E-state index in [2.05, 4.69) is 37.0 Å². The second kappa shape index (κ2) is 4.94. The first-order valence-electron chi connectivity index (χ1n) is 5.39. The topological polar surface area (TPSA) is 12.4 Å². The summed E-state index contributed by atoms with van der Waals surface area (Å²) < 4.78 is 0. The first-order valence-corrected chi connectivity index (χ1v) is 5.39. The van der Waals surface area contributed by atoms with Crippen LogP contribution in [-0.4, -0.2) is 5.71 Å². The Morgan fingerprint density at radius 3 is 2.50 bits per heavy atom. The fourth-order valence-corrected chi connectivity index (χ4v) is 1.57. The Hall–Kier alpha value is -1.11. The molecule has 1 heterocycles. The van der Waals surface area contributed by atoms with Crippen LogP contribution in [0.1, 0.15) is 38.3 Å². The molecule has 0 aromatic heterocycles. The molecule has 0 N–H and O–H groups in total. The van der Waals surface area contributed by atoms with Gasteiger partial charge in [0.2, 0.25) is 0 Å². The van der Waals surface area contributed by atoms with Crippen LogP contribution in [0.5, 0.6) is 0 Å². The van der Waals surface area contributed by atoms with Crippen molar-refractivity contribution in [3.63, 3.8) is 0 Å². The van der Waals surface area contributed by atoms with E-state index in [1.807, 2.05) is 13.8 Å². The van der Waals surface area contributed by atoms with Crippen LogP contribution in [0.4, 0.5) is 5.69 Å². The van der Waals surface area contributed by atoms with Crippen LogP contribution >= 0.6 is 0 Å². The fraction of sp³-hybridized carbons (Fsp3) is 0.462. The van der Waals surface area contributed by atoms with Crippen molar-refractivity contribution < 1.29 is 0 Å². The van der Waals surface area contributed by atoms with Crippen molar-refractivity contribution in [3.8, 4) is 0 Å². The molecule has 2 rings (SSSR count). The molecule has 1 aliphatic rings. The van der Waals surface area contributed by atoms with E-state index in [0.717, 1.165) is 12.8 Å². The zero-order valence-corrected chi connectivity index (χ0v) is 9.59. The molecule has 14 heavy (non-hydrogen) atoms. The van der Waals surface area contributed by atoms with Crippen LogP contribution in [0.15, 0.2) is 23.2 Å². The molecular formula is C13H19N. The quantitative estimate of drug-likeness (QED) is 0.583. The summed E-state index contributed by atoms with van der Waals surface area (Å²) in [5.41, 5.74) is 5.13. The van der Waals surface area contributed by atoms with Crippen molar-refractivity contribution in [2.75, 3.05) is 0 Å². The third kappa shape index (κ3) is 2.44. The van der Waals surface area contributed by atoms with E-state index in [-0.39, 0.29) is 0 Å². The maximum absolute atomic E-state index is 4.52. The Kier molecular flexibility index (Phi) is 3.87. The highest BCUT2D eigenvalue weighted by molar-refractivity contribution is 5.87. The summed E-state index contributed by atoms with van der Waals surface area (Å²) in [5, 5.41) is 0. The van der Waals surface area contributed by atoms with Gasteiger partial charge < -0.3 is 0 Å². The lowest BCUT2D eigenvalue weighted by Crippen LogP contribution is -2.01. The molecule has 0 unspecified atom stereocenters. The lowest BCUT2D eigenvalue weighted by atomic mass is 10.0. The van der Waals surface area contributed by atoms with E-state index in [4.69, 9.17) is 0 Å². The smallest absolute Gasteiger partial charge is 0.0663 e. The molecule has 0 amide bonds. The molecule has 1 aliphatic heterocycles. The molecule has 1 heteroatoms. The van der Waals surface area contributed by atoms with Gasteiger partial charge in [-0.25, -0.2) is 0 Å². The Labute approximate surface area is 86.9 Å². The average Bonchev–Trinajstić information content (AvgIpc) is 2.20. The number of benzene rings is 1. The first kappa shape index (κ1) is 11.0. The molecule has 0 atom stereocenters. The van der Waals surface area contributed by atoms with Crippen molar-refractivity contribution in [2.45, 2.75) is 40.5 Å². The van der Waals surface area contributed by atoms with Gasteiger partial charge in [0, 0.05) is 5.71 Å². The molecule has 1 aromatic carbocycles. The summed E-state index contributed by atoms with van der Waals surface area (Å²) >= 11 is 0. The van der Waals surface area contributed by atoms with E-state index >= 15 is 0 Å². The third-order valence-corrected chi connectivity index (χ3v) is 2.31. The van der Waals surface area contributed by atoms with Gasteiger partial charge in [-0.3, -0.25) is 4.99 Å². The number of hydrogen-bond donors (Lipinski definition) is 0. The molecule has 0 aliphatic carbocycles. The highest BCUT2D eigenvalue weighted by Crippen LogP contribution is 2.26. The van der Waals surface area contributed by atoms with E-state index in [1.165, 1.54) is 22.5 Å². The number of rotatable bonds is 0. The SMILES string of the molecule is CC.CC1=Nc2cc(C)ccc2CC1. The minimum Gasteiger partial charge on any atom is -0.258 e. The minimum absolute atomic E-state index is 1.12. The van der Waals surface area contributed by atoms with Gasteiger partial charge in [-0.1, -0.05) is 26.0 Å². The van der Waals surface area contributed by atoms with Crippen molar-refractivity contribution in [1.29, 1.82) is 0 Å². The predicted octanol–water partition coefficient (Wildman–Crippen LogP) is 4.06. The molecule has 0 bridgehead atoms. The van der Waals surface area contributed by atoms with Crippen LogP contribution in [0.2, 0.25) is 0 Å². The standard InChI is InChI=1S/C11H13N.C2H6/c1-8-3-5-10-6-4-9(2)12-11(10)7-8;1-2/h3,5,7H,4,6H2,1-2H3;1-2H3. The zero-order valence-electron chi connectivity index (χ0n) is 9.59. The number of nitrogens with zero attached hydrogens (tertiary/aromatic N) is 1. The summed E-state index contributed by atoms with van der Waals surface area (Å²) in [4.78, 5) is 4.52. The van der Waals surface area contributed by atoms with Gasteiger partial charge in [0.15, 0.2) is 0 Å². The maximum Gasteiger partial charge on any atom is 0.0663 e. The van der Waals surface area contributed by atoms with Gasteiger partial charge in [0.05, 0.1) is 5.69 Å². The third-order valence-electron chi connectivity index (χ3n) is 2.31. The summed E-state index contributed by atoms with van der Waals surface area (Å²) in [5.74, 6) is 0. The number of hydrogen-bond acceptors (Lipinski definition) is 1. The Bertz CT molecular complexity index is 337. The van der Waals surface area contributed by atoms with Gasteiger partial charge in [-0.15, -0.1) is 0 Å². The molecule has 76 valence electrons. The lowest BCUT2D eigenvalue weighted by molar-refractivity contribution is 1.000. The van der Waals surface area contributed by atoms with Gasteiger partial charge in [-0.2, -0.15) is 0 Å². The Morgan fingerprint density at radius 1 is 1.07 bits per heavy atom. The molecule has 0 spiro atoms. The molecule has 0 saturated heterocycles. The highest BCUT2D eigenvalue weighted by Gasteiger charge is 2.07. The van der Waals surface area contributed by atoms with Gasteiger partial charge in [-0.05, 0) is 43.9 Å². The molecule has 0 radical (unpaired) electrons. The van der Waals surface area contributed by atoms with E-state index in [0.29, 0.717) is 0 Å². The van der Waals surface area contributed by atoms with Crippen LogP contribution < -0.4 is 0 Å². The largest absolute Gasteiger partial charge is 0.258 e. The maximum atomic E-state index is 4.52. The number of aliphatic imine (C=N–C) groups is 1. The van der Waals surface area contributed by atoms with Crippen LogP contribution in [0.3, 0.4) is 0 Å². The molecular weight excluding hydrogens is 170 g/mol.